The van der Waals surface area contributed by atoms with Crippen LogP contribution in [0.3, 0.4) is 0 Å². The summed E-state index contributed by atoms with van der Waals surface area (Å²) >= 11 is 0. The first-order chi connectivity index (χ1) is 9.15. The van der Waals surface area contributed by atoms with Crippen molar-refractivity contribution in [3.8, 4) is 12.1 Å². The lowest BCUT2D eigenvalue weighted by Crippen LogP contribution is -2.35. The van der Waals surface area contributed by atoms with Crippen LogP contribution in [0.4, 0.5) is 5.69 Å². The molecule has 0 unspecified atom stereocenters. The number of hydrogen-bond donors (Lipinski definition) is 1. The van der Waals surface area contributed by atoms with Crippen molar-refractivity contribution >= 4 is 11.6 Å². The molecule has 1 rings (SSSR count). The molecular formula is C14H16N4O. The predicted octanol–water partition coefficient (Wildman–Crippen LogP) is 1.71. The van der Waals surface area contributed by atoms with Gasteiger partial charge in [0.1, 0.15) is 12.1 Å². The Balaban J connectivity index is 2.72. The molecule has 5 nitrogen and oxygen atoms in total. The van der Waals surface area contributed by atoms with Gasteiger partial charge in [0, 0.05) is 18.8 Å². The van der Waals surface area contributed by atoms with E-state index < -0.39 is 0 Å². The van der Waals surface area contributed by atoms with Gasteiger partial charge in [-0.1, -0.05) is 0 Å². The molecule has 0 fully saturated rings. The Bertz CT molecular complexity index is 535. The third kappa shape index (κ3) is 3.72. The van der Waals surface area contributed by atoms with E-state index in [0.29, 0.717) is 29.9 Å². The zero-order valence-corrected chi connectivity index (χ0v) is 11.1. The number of amides is 1. The molecule has 0 saturated heterocycles. The molecule has 5 heteroatoms. The highest BCUT2D eigenvalue weighted by molar-refractivity contribution is 5.81. The number of likely N-dealkylation sites (N-methyl/N-ethyl adjacent to an activating group) is 1. The highest BCUT2D eigenvalue weighted by Gasteiger charge is 2.09. The SMILES string of the molecule is CCN(CC)C(=O)CNc1ccc(C#N)c(C#N)c1. The molecule has 0 aromatic heterocycles. The van der Waals surface area contributed by atoms with Gasteiger partial charge in [0.15, 0.2) is 0 Å². The van der Waals surface area contributed by atoms with Crippen molar-refractivity contribution in [2.75, 3.05) is 25.0 Å². The largest absolute Gasteiger partial charge is 0.376 e. The van der Waals surface area contributed by atoms with Gasteiger partial charge < -0.3 is 10.2 Å². The molecule has 0 saturated carbocycles. The van der Waals surface area contributed by atoms with Gasteiger partial charge in [-0.3, -0.25) is 4.79 Å². The number of anilines is 1. The number of carbonyl (C=O) groups is 1. The molecular weight excluding hydrogens is 240 g/mol. The highest BCUT2D eigenvalue weighted by atomic mass is 16.2. The van der Waals surface area contributed by atoms with Crippen LogP contribution in [-0.4, -0.2) is 30.4 Å². The summed E-state index contributed by atoms with van der Waals surface area (Å²) in [6.07, 6.45) is 0. The van der Waals surface area contributed by atoms with Gasteiger partial charge in [-0.05, 0) is 32.0 Å². The number of nitriles is 2. The predicted molar refractivity (Wildman–Crippen MR) is 72.3 cm³/mol. The maximum absolute atomic E-state index is 11.8. The second-order valence-corrected chi connectivity index (χ2v) is 3.90. The van der Waals surface area contributed by atoms with E-state index in [2.05, 4.69) is 5.32 Å². The Morgan fingerprint density at radius 1 is 1.21 bits per heavy atom. The first kappa shape index (κ1) is 14.5. The van der Waals surface area contributed by atoms with Crippen LogP contribution < -0.4 is 5.32 Å². The van der Waals surface area contributed by atoms with E-state index in [1.165, 1.54) is 0 Å². The molecule has 0 heterocycles. The summed E-state index contributed by atoms with van der Waals surface area (Å²) in [5.41, 5.74) is 1.31. The number of nitrogens with zero attached hydrogens (tertiary/aromatic N) is 3. The minimum Gasteiger partial charge on any atom is -0.376 e. The summed E-state index contributed by atoms with van der Waals surface area (Å²) in [7, 11) is 0. The van der Waals surface area contributed by atoms with Crippen molar-refractivity contribution in [1.82, 2.24) is 4.90 Å². The van der Waals surface area contributed by atoms with Crippen molar-refractivity contribution in [3.63, 3.8) is 0 Å². The van der Waals surface area contributed by atoms with E-state index in [-0.39, 0.29) is 12.5 Å². The van der Waals surface area contributed by atoms with E-state index in [4.69, 9.17) is 10.5 Å². The van der Waals surface area contributed by atoms with E-state index >= 15 is 0 Å². The Morgan fingerprint density at radius 3 is 2.37 bits per heavy atom. The molecule has 0 bridgehead atoms. The molecule has 0 aliphatic rings. The highest BCUT2D eigenvalue weighted by Crippen LogP contribution is 2.14. The number of hydrogen-bond acceptors (Lipinski definition) is 4. The fourth-order valence-electron chi connectivity index (χ4n) is 1.71. The van der Waals surface area contributed by atoms with E-state index in [9.17, 15) is 4.79 Å². The number of rotatable bonds is 5. The maximum atomic E-state index is 11.8. The average molecular weight is 256 g/mol. The van der Waals surface area contributed by atoms with Gasteiger partial charge >= 0.3 is 0 Å². The van der Waals surface area contributed by atoms with Gasteiger partial charge in [-0.15, -0.1) is 0 Å². The minimum absolute atomic E-state index is 0.00728. The molecule has 19 heavy (non-hydrogen) atoms. The van der Waals surface area contributed by atoms with Crippen LogP contribution in [0.2, 0.25) is 0 Å². The zero-order chi connectivity index (χ0) is 14.3. The second-order valence-electron chi connectivity index (χ2n) is 3.90. The van der Waals surface area contributed by atoms with E-state index in [1.807, 2.05) is 26.0 Å². The van der Waals surface area contributed by atoms with Crippen LogP contribution in [0.5, 0.6) is 0 Å². The van der Waals surface area contributed by atoms with Crippen molar-refractivity contribution in [2.45, 2.75) is 13.8 Å². The van der Waals surface area contributed by atoms with Gasteiger partial charge in [0.05, 0.1) is 17.7 Å². The Morgan fingerprint density at radius 2 is 1.84 bits per heavy atom. The quantitative estimate of drug-likeness (QED) is 0.869. The minimum atomic E-state index is 0.00728. The summed E-state index contributed by atoms with van der Waals surface area (Å²) in [6, 6.07) is 8.75. The Kier molecular flexibility index (Phi) is 5.37. The van der Waals surface area contributed by atoms with Crippen LogP contribution in [-0.2, 0) is 4.79 Å². The van der Waals surface area contributed by atoms with Crippen molar-refractivity contribution in [3.05, 3.63) is 29.3 Å². The van der Waals surface area contributed by atoms with Crippen molar-refractivity contribution < 1.29 is 4.79 Å². The van der Waals surface area contributed by atoms with Gasteiger partial charge in [0.2, 0.25) is 5.91 Å². The molecule has 98 valence electrons. The number of nitrogens with one attached hydrogen (secondary N) is 1. The van der Waals surface area contributed by atoms with Crippen LogP contribution >= 0.6 is 0 Å². The van der Waals surface area contributed by atoms with Crippen LogP contribution in [0.1, 0.15) is 25.0 Å². The van der Waals surface area contributed by atoms with E-state index in [0.717, 1.165) is 0 Å². The number of benzene rings is 1. The lowest BCUT2D eigenvalue weighted by Gasteiger charge is -2.19. The van der Waals surface area contributed by atoms with Gasteiger partial charge in [-0.25, -0.2) is 0 Å². The Labute approximate surface area is 113 Å². The first-order valence-corrected chi connectivity index (χ1v) is 6.12. The van der Waals surface area contributed by atoms with Crippen LogP contribution in [0.15, 0.2) is 18.2 Å². The molecule has 0 spiro atoms. The summed E-state index contributed by atoms with van der Waals surface area (Å²) < 4.78 is 0. The van der Waals surface area contributed by atoms with E-state index in [1.54, 1.807) is 23.1 Å². The van der Waals surface area contributed by atoms with Crippen LogP contribution in [0.25, 0.3) is 0 Å². The molecule has 1 N–H and O–H groups in total. The standard InChI is InChI=1S/C14H16N4O/c1-3-18(4-2)14(19)10-17-13-6-5-11(8-15)12(7-13)9-16/h5-7,17H,3-4,10H2,1-2H3. The first-order valence-electron chi connectivity index (χ1n) is 6.12. The zero-order valence-electron chi connectivity index (χ0n) is 11.1. The second kappa shape index (κ2) is 7.03. The lowest BCUT2D eigenvalue weighted by atomic mass is 10.1. The summed E-state index contributed by atoms with van der Waals surface area (Å²) in [6.45, 7) is 5.38. The third-order valence-corrected chi connectivity index (χ3v) is 2.82. The summed E-state index contributed by atoms with van der Waals surface area (Å²) in [4.78, 5) is 13.5. The van der Waals surface area contributed by atoms with Gasteiger partial charge in [-0.2, -0.15) is 10.5 Å². The summed E-state index contributed by atoms with van der Waals surface area (Å²) in [5, 5.41) is 20.7. The maximum Gasteiger partial charge on any atom is 0.241 e. The van der Waals surface area contributed by atoms with Crippen molar-refractivity contribution in [2.24, 2.45) is 0 Å². The summed E-state index contributed by atoms with van der Waals surface area (Å²) in [5.74, 6) is 0.00728. The molecule has 1 aromatic carbocycles. The average Bonchev–Trinajstić information content (AvgIpc) is 2.45. The smallest absolute Gasteiger partial charge is 0.241 e. The molecule has 1 aromatic rings. The molecule has 0 atom stereocenters. The third-order valence-electron chi connectivity index (χ3n) is 2.82. The molecule has 0 radical (unpaired) electrons. The van der Waals surface area contributed by atoms with Crippen molar-refractivity contribution in [1.29, 1.82) is 10.5 Å². The topological polar surface area (TPSA) is 79.9 Å². The monoisotopic (exact) mass is 256 g/mol. The molecule has 0 aliphatic carbocycles. The fraction of sp³-hybridized carbons (Fsp3) is 0.357. The molecule has 1 amide bonds. The normalized spacial score (nSPS) is 9.26. The Hall–Kier alpha value is -2.53. The lowest BCUT2D eigenvalue weighted by molar-refractivity contribution is -0.128. The molecule has 0 aliphatic heterocycles. The fourth-order valence-corrected chi connectivity index (χ4v) is 1.71. The van der Waals surface area contributed by atoms with Gasteiger partial charge in [0.25, 0.3) is 0 Å². The van der Waals surface area contributed by atoms with Crippen LogP contribution in [0, 0.1) is 22.7 Å². The number of carbonyl (C=O) groups excluding carboxylic acids is 1.